The predicted octanol–water partition coefficient (Wildman–Crippen LogP) is 1.51. The van der Waals surface area contributed by atoms with Crippen LogP contribution in [0, 0.1) is 0 Å². The summed E-state index contributed by atoms with van der Waals surface area (Å²) in [5.74, 6) is 1.19. The summed E-state index contributed by atoms with van der Waals surface area (Å²) in [6.07, 6.45) is 4.15. The molecular weight excluding hydrogens is 268 g/mol. The Hall–Kier alpha value is -2.34. The van der Waals surface area contributed by atoms with Crippen molar-refractivity contribution in [3.8, 4) is 5.75 Å². The van der Waals surface area contributed by atoms with Crippen LogP contribution in [0.2, 0.25) is 0 Å². The predicted molar refractivity (Wildman–Crippen MR) is 79.6 cm³/mol. The molecule has 1 amide bonds. The maximum Gasteiger partial charge on any atom is 0.258 e. The number of rotatable bonds is 7. The van der Waals surface area contributed by atoms with Gasteiger partial charge in [-0.25, -0.2) is 4.98 Å². The van der Waals surface area contributed by atoms with E-state index in [0.29, 0.717) is 12.3 Å². The van der Waals surface area contributed by atoms with Gasteiger partial charge in [0.15, 0.2) is 6.61 Å². The van der Waals surface area contributed by atoms with Gasteiger partial charge < -0.3 is 20.8 Å². The summed E-state index contributed by atoms with van der Waals surface area (Å²) in [6.45, 7) is 2.31. The number of aromatic amines is 1. The van der Waals surface area contributed by atoms with E-state index in [4.69, 9.17) is 10.5 Å². The molecule has 1 aromatic heterocycles. The molecule has 112 valence electrons. The van der Waals surface area contributed by atoms with Crippen LogP contribution < -0.4 is 15.8 Å². The molecule has 1 heterocycles. The Morgan fingerprint density at radius 3 is 2.95 bits per heavy atom. The summed E-state index contributed by atoms with van der Waals surface area (Å²) in [6, 6.07) is 7.29. The first-order valence-corrected chi connectivity index (χ1v) is 6.94. The number of ether oxygens (including phenoxy) is 1. The van der Waals surface area contributed by atoms with Crippen molar-refractivity contribution in [2.45, 2.75) is 25.9 Å². The van der Waals surface area contributed by atoms with Crippen LogP contribution in [0.25, 0.3) is 0 Å². The van der Waals surface area contributed by atoms with Gasteiger partial charge in [-0.05, 0) is 12.5 Å². The Bertz CT molecular complexity index is 569. The number of amides is 1. The first-order chi connectivity index (χ1) is 10.2. The molecule has 2 rings (SSSR count). The van der Waals surface area contributed by atoms with Crippen LogP contribution in [-0.2, 0) is 11.3 Å². The Kier molecular flexibility index (Phi) is 5.34. The molecule has 0 saturated carbocycles. The molecule has 1 aromatic carbocycles. The summed E-state index contributed by atoms with van der Waals surface area (Å²) in [5, 5.41) is 2.89. The van der Waals surface area contributed by atoms with Gasteiger partial charge in [-0.2, -0.15) is 0 Å². The molecule has 0 aliphatic heterocycles. The van der Waals surface area contributed by atoms with E-state index in [0.717, 1.165) is 17.8 Å². The van der Waals surface area contributed by atoms with Gasteiger partial charge >= 0.3 is 0 Å². The zero-order chi connectivity index (χ0) is 15.1. The molecular formula is C15H20N4O2. The Balaban J connectivity index is 1.90. The number of hydrogen-bond acceptors (Lipinski definition) is 4. The minimum Gasteiger partial charge on any atom is -0.483 e. The topological polar surface area (TPSA) is 93.0 Å². The average molecular weight is 288 g/mol. The van der Waals surface area contributed by atoms with Crippen molar-refractivity contribution < 1.29 is 9.53 Å². The second-order valence-electron chi connectivity index (χ2n) is 4.60. The molecule has 0 radical (unpaired) electrons. The highest BCUT2D eigenvalue weighted by Gasteiger charge is 2.15. The molecule has 0 saturated heterocycles. The lowest BCUT2D eigenvalue weighted by atomic mass is 10.2. The van der Waals surface area contributed by atoms with Crippen molar-refractivity contribution in [3.63, 3.8) is 0 Å². The lowest BCUT2D eigenvalue weighted by Gasteiger charge is -2.15. The SMILES string of the molecule is CCC(NC(=O)COc1ccccc1CN)c1ncc[nH]1. The van der Waals surface area contributed by atoms with Crippen LogP contribution in [-0.4, -0.2) is 22.5 Å². The largest absolute Gasteiger partial charge is 0.483 e. The van der Waals surface area contributed by atoms with Gasteiger partial charge in [0.25, 0.3) is 5.91 Å². The van der Waals surface area contributed by atoms with Crippen LogP contribution in [0.1, 0.15) is 30.8 Å². The molecule has 21 heavy (non-hydrogen) atoms. The Morgan fingerprint density at radius 1 is 1.48 bits per heavy atom. The van der Waals surface area contributed by atoms with Crippen molar-refractivity contribution in [1.29, 1.82) is 0 Å². The normalized spacial score (nSPS) is 11.9. The van der Waals surface area contributed by atoms with Gasteiger partial charge in [0.05, 0.1) is 6.04 Å². The third-order valence-electron chi connectivity index (χ3n) is 3.14. The zero-order valence-corrected chi connectivity index (χ0v) is 12.0. The minimum absolute atomic E-state index is 0.0474. The summed E-state index contributed by atoms with van der Waals surface area (Å²) >= 11 is 0. The molecule has 0 aliphatic carbocycles. The Labute approximate surface area is 123 Å². The van der Waals surface area contributed by atoms with Crippen molar-refractivity contribution in [2.24, 2.45) is 5.73 Å². The highest BCUT2D eigenvalue weighted by atomic mass is 16.5. The summed E-state index contributed by atoms with van der Waals surface area (Å²) in [5.41, 5.74) is 6.51. The lowest BCUT2D eigenvalue weighted by molar-refractivity contribution is -0.123. The zero-order valence-electron chi connectivity index (χ0n) is 12.0. The van der Waals surface area contributed by atoms with Gasteiger partial charge in [0.2, 0.25) is 0 Å². The summed E-state index contributed by atoms with van der Waals surface area (Å²) < 4.78 is 5.53. The number of nitrogens with one attached hydrogen (secondary N) is 2. The number of nitrogens with two attached hydrogens (primary N) is 1. The highest BCUT2D eigenvalue weighted by Crippen LogP contribution is 2.17. The molecule has 0 aliphatic rings. The molecule has 0 bridgehead atoms. The van der Waals surface area contributed by atoms with E-state index in [9.17, 15) is 4.79 Å². The number of carbonyl (C=O) groups excluding carboxylic acids is 1. The van der Waals surface area contributed by atoms with Crippen molar-refractivity contribution in [2.75, 3.05) is 6.61 Å². The maximum atomic E-state index is 12.0. The maximum absolute atomic E-state index is 12.0. The fourth-order valence-corrected chi connectivity index (χ4v) is 2.02. The smallest absolute Gasteiger partial charge is 0.258 e. The average Bonchev–Trinajstić information content (AvgIpc) is 3.05. The number of hydrogen-bond donors (Lipinski definition) is 3. The second-order valence-corrected chi connectivity index (χ2v) is 4.60. The monoisotopic (exact) mass is 288 g/mol. The number of imidazole rings is 1. The number of aromatic nitrogens is 2. The molecule has 4 N–H and O–H groups in total. The van der Waals surface area contributed by atoms with Crippen LogP contribution in [0.3, 0.4) is 0 Å². The number of para-hydroxylation sites is 1. The second kappa shape index (κ2) is 7.44. The van der Waals surface area contributed by atoms with E-state index in [1.165, 1.54) is 0 Å². The van der Waals surface area contributed by atoms with Crippen LogP contribution >= 0.6 is 0 Å². The molecule has 6 heteroatoms. The number of nitrogens with zero attached hydrogens (tertiary/aromatic N) is 1. The van der Waals surface area contributed by atoms with E-state index in [2.05, 4.69) is 15.3 Å². The van der Waals surface area contributed by atoms with Gasteiger partial charge in [0, 0.05) is 24.5 Å². The minimum atomic E-state index is -0.190. The van der Waals surface area contributed by atoms with Crippen LogP contribution in [0.5, 0.6) is 5.75 Å². The van der Waals surface area contributed by atoms with Gasteiger partial charge in [-0.1, -0.05) is 25.1 Å². The van der Waals surface area contributed by atoms with Gasteiger partial charge in [-0.15, -0.1) is 0 Å². The molecule has 2 aromatic rings. The lowest BCUT2D eigenvalue weighted by Crippen LogP contribution is -2.33. The number of carbonyl (C=O) groups is 1. The molecule has 6 nitrogen and oxygen atoms in total. The number of benzene rings is 1. The van der Waals surface area contributed by atoms with E-state index in [-0.39, 0.29) is 18.6 Å². The van der Waals surface area contributed by atoms with Crippen molar-refractivity contribution >= 4 is 5.91 Å². The Morgan fingerprint density at radius 2 is 2.29 bits per heavy atom. The standard InChI is InChI=1S/C15H20N4O2/c1-2-12(15-17-7-8-18-15)19-14(20)10-21-13-6-4-3-5-11(13)9-16/h3-8,12H,2,9-10,16H2,1H3,(H,17,18)(H,19,20). The van der Waals surface area contributed by atoms with E-state index in [1.54, 1.807) is 18.5 Å². The van der Waals surface area contributed by atoms with Gasteiger partial charge in [-0.3, -0.25) is 4.79 Å². The molecule has 1 atom stereocenters. The molecule has 0 fully saturated rings. The fraction of sp³-hybridized carbons (Fsp3) is 0.333. The summed E-state index contributed by atoms with van der Waals surface area (Å²) in [4.78, 5) is 19.1. The van der Waals surface area contributed by atoms with Crippen LogP contribution in [0.15, 0.2) is 36.7 Å². The summed E-state index contributed by atoms with van der Waals surface area (Å²) in [7, 11) is 0. The fourth-order valence-electron chi connectivity index (χ4n) is 2.02. The highest BCUT2D eigenvalue weighted by molar-refractivity contribution is 5.78. The van der Waals surface area contributed by atoms with E-state index >= 15 is 0 Å². The first kappa shape index (κ1) is 15.1. The third kappa shape index (κ3) is 4.06. The first-order valence-electron chi connectivity index (χ1n) is 6.94. The van der Waals surface area contributed by atoms with Crippen LogP contribution in [0.4, 0.5) is 0 Å². The van der Waals surface area contributed by atoms with Crippen molar-refractivity contribution in [1.82, 2.24) is 15.3 Å². The molecule has 1 unspecified atom stereocenters. The number of H-pyrrole nitrogens is 1. The van der Waals surface area contributed by atoms with Crippen molar-refractivity contribution in [3.05, 3.63) is 48.0 Å². The third-order valence-corrected chi connectivity index (χ3v) is 3.14. The quantitative estimate of drug-likeness (QED) is 0.720. The molecule has 0 spiro atoms. The van der Waals surface area contributed by atoms with E-state index in [1.807, 2.05) is 25.1 Å². The van der Waals surface area contributed by atoms with E-state index < -0.39 is 0 Å². The van der Waals surface area contributed by atoms with Gasteiger partial charge in [0.1, 0.15) is 11.6 Å².